The maximum Gasteiger partial charge on any atom is 0.420 e. The number of fused-ring (bicyclic) bond motifs is 5. The summed E-state index contributed by atoms with van der Waals surface area (Å²) in [5.74, 6) is 0. The van der Waals surface area contributed by atoms with E-state index in [1.165, 1.54) is 55.2 Å². The van der Waals surface area contributed by atoms with Crippen molar-refractivity contribution in [3.63, 3.8) is 0 Å². The SMILES string of the molecule is c1ccc(N2B(c3ccc4c(ccc5cc(B6N(c7ccccc7)c7ccccc7N6c6ccccc6)ccc54)c3)N(c3ccccc3)c3ccccc32)cc1. The summed E-state index contributed by atoms with van der Waals surface area (Å²) in [6.07, 6.45) is 0. The van der Waals surface area contributed by atoms with Gasteiger partial charge in [0.25, 0.3) is 0 Å². The molecule has 9 aromatic carbocycles. The van der Waals surface area contributed by atoms with E-state index in [-0.39, 0.29) is 14.0 Å². The van der Waals surface area contributed by atoms with E-state index in [1.807, 2.05) is 0 Å². The lowest BCUT2D eigenvalue weighted by Gasteiger charge is -2.30. The van der Waals surface area contributed by atoms with Crippen molar-refractivity contribution >= 4 is 91.9 Å². The standard InChI is InChI=1S/C50H36B2N4/c1-5-17-41(18-6-1)53-47-25-13-14-26-48(47)54(42-19-7-2-8-20-42)51(53)39-31-33-45-37(35-39)29-30-38-36-40(32-34-46(38)45)52-55(43-21-9-3-10-22-43)49-27-15-16-28-50(49)56(52)44-23-11-4-12-24-44/h1-36H. The normalized spacial score (nSPS) is 13.5. The maximum absolute atomic E-state index is 2.48. The molecule has 2 aliphatic rings. The van der Waals surface area contributed by atoms with Crippen LogP contribution in [0.2, 0.25) is 0 Å². The topological polar surface area (TPSA) is 13.0 Å². The fraction of sp³-hybridized carbons (Fsp3) is 0. The van der Waals surface area contributed by atoms with E-state index in [9.17, 15) is 0 Å². The average Bonchev–Trinajstić information content (AvgIpc) is 3.81. The van der Waals surface area contributed by atoms with E-state index in [0.29, 0.717) is 0 Å². The van der Waals surface area contributed by atoms with Gasteiger partial charge in [-0.05, 0) is 105 Å². The molecule has 6 heteroatoms. The van der Waals surface area contributed by atoms with Gasteiger partial charge in [-0.25, -0.2) is 0 Å². The maximum atomic E-state index is 2.48. The molecule has 2 heterocycles. The molecule has 0 bridgehead atoms. The molecule has 0 saturated heterocycles. The van der Waals surface area contributed by atoms with E-state index in [4.69, 9.17) is 0 Å². The van der Waals surface area contributed by atoms with Crippen molar-refractivity contribution in [3.05, 3.63) is 218 Å². The van der Waals surface area contributed by atoms with E-state index < -0.39 is 0 Å². The molecule has 4 nitrogen and oxygen atoms in total. The van der Waals surface area contributed by atoms with Crippen molar-refractivity contribution in [1.29, 1.82) is 0 Å². The third-order valence-electron chi connectivity index (χ3n) is 11.4. The number of anilines is 8. The molecule has 0 amide bonds. The van der Waals surface area contributed by atoms with Gasteiger partial charge < -0.3 is 19.2 Å². The van der Waals surface area contributed by atoms with Crippen LogP contribution < -0.4 is 30.2 Å². The first-order chi connectivity index (χ1) is 27.8. The molecule has 9 aromatic rings. The Labute approximate surface area is 328 Å². The Bertz CT molecular complexity index is 2520. The molecular weight excluding hydrogens is 678 g/mol. The second kappa shape index (κ2) is 13.3. The lowest BCUT2D eigenvalue weighted by Crippen LogP contribution is -2.53. The highest BCUT2D eigenvalue weighted by Crippen LogP contribution is 2.47. The predicted octanol–water partition coefficient (Wildman–Crippen LogP) is 11.4. The zero-order chi connectivity index (χ0) is 37.0. The van der Waals surface area contributed by atoms with Gasteiger partial charge in [-0.2, -0.15) is 0 Å². The molecule has 0 saturated carbocycles. The van der Waals surface area contributed by atoms with Crippen LogP contribution in [0.4, 0.5) is 45.5 Å². The fourth-order valence-electron chi connectivity index (χ4n) is 9.00. The van der Waals surface area contributed by atoms with Gasteiger partial charge in [0.05, 0.1) is 22.7 Å². The van der Waals surface area contributed by atoms with Crippen LogP contribution in [0, 0.1) is 0 Å². The Balaban J connectivity index is 1.04. The summed E-state index contributed by atoms with van der Waals surface area (Å²) in [5.41, 5.74) is 11.9. The number of hydrogen-bond acceptors (Lipinski definition) is 4. The minimum atomic E-state index is -0.0726. The van der Waals surface area contributed by atoms with Gasteiger partial charge in [0.1, 0.15) is 0 Å². The van der Waals surface area contributed by atoms with Gasteiger partial charge in [-0.1, -0.05) is 146 Å². The summed E-state index contributed by atoms with van der Waals surface area (Å²) in [6.45, 7) is -0.145. The van der Waals surface area contributed by atoms with Crippen molar-refractivity contribution in [1.82, 2.24) is 0 Å². The van der Waals surface area contributed by atoms with Crippen LogP contribution in [0.25, 0.3) is 21.5 Å². The van der Waals surface area contributed by atoms with Crippen LogP contribution in [-0.4, -0.2) is 14.0 Å². The van der Waals surface area contributed by atoms with Crippen molar-refractivity contribution in [3.8, 4) is 0 Å². The van der Waals surface area contributed by atoms with E-state index in [0.717, 1.165) is 22.7 Å². The minimum Gasteiger partial charge on any atom is -0.360 e. The van der Waals surface area contributed by atoms with Gasteiger partial charge in [0.2, 0.25) is 0 Å². The summed E-state index contributed by atoms with van der Waals surface area (Å²) in [5, 5.41) is 4.95. The Kier molecular flexibility index (Phi) is 7.66. The molecule has 0 atom stereocenters. The second-order valence-electron chi connectivity index (χ2n) is 14.6. The van der Waals surface area contributed by atoms with Crippen molar-refractivity contribution in [2.45, 2.75) is 0 Å². The molecule has 0 radical (unpaired) electrons. The number of para-hydroxylation sites is 8. The molecule has 262 valence electrons. The van der Waals surface area contributed by atoms with E-state index in [1.54, 1.807) is 0 Å². The zero-order valence-corrected chi connectivity index (χ0v) is 30.7. The van der Waals surface area contributed by atoms with E-state index >= 15 is 0 Å². The van der Waals surface area contributed by atoms with Crippen LogP contribution in [-0.2, 0) is 0 Å². The number of hydrogen-bond donors (Lipinski definition) is 0. The average molecular weight is 714 g/mol. The van der Waals surface area contributed by atoms with Crippen molar-refractivity contribution in [2.24, 2.45) is 0 Å². The minimum absolute atomic E-state index is 0.0726. The molecule has 0 unspecified atom stereocenters. The van der Waals surface area contributed by atoms with Crippen LogP contribution in [0.1, 0.15) is 0 Å². The Morgan fingerprint density at radius 3 is 0.804 bits per heavy atom. The number of rotatable bonds is 6. The molecule has 2 aliphatic heterocycles. The number of nitrogens with zero attached hydrogens (tertiary/aromatic N) is 4. The zero-order valence-electron chi connectivity index (χ0n) is 30.7. The first kappa shape index (κ1) is 32.3. The van der Waals surface area contributed by atoms with Gasteiger partial charge >= 0.3 is 14.0 Å². The molecule has 56 heavy (non-hydrogen) atoms. The monoisotopic (exact) mass is 714 g/mol. The summed E-state index contributed by atoms with van der Waals surface area (Å²) in [7, 11) is 0. The Morgan fingerprint density at radius 1 is 0.250 bits per heavy atom. The Morgan fingerprint density at radius 2 is 0.518 bits per heavy atom. The van der Waals surface area contributed by atoms with Gasteiger partial charge in [-0.3, -0.25) is 0 Å². The van der Waals surface area contributed by atoms with Gasteiger partial charge in [-0.15, -0.1) is 0 Å². The summed E-state index contributed by atoms with van der Waals surface area (Å²) in [4.78, 5) is 9.92. The fourth-order valence-corrected chi connectivity index (χ4v) is 9.00. The second-order valence-corrected chi connectivity index (χ2v) is 14.6. The molecule has 0 aliphatic carbocycles. The molecule has 0 spiro atoms. The summed E-state index contributed by atoms with van der Waals surface area (Å²) >= 11 is 0. The molecule has 0 aromatic heterocycles. The lowest BCUT2D eigenvalue weighted by molar-refractivity contribution is 1.40. The highest BCUT2D eigenvalue weighted by molar-refractivity contribution is 6.85. The quantitative estimate of drug-likeness (QED) is 0.126. The predicted molar refractivity (Wildman–Crippen MR) is 239 cm³/mol. The highest BCUT2D eigenvalue weighted by atomic mass is 15.3. The first-order valence-corrected chi connectivity index (χ1v) is 19.3. The van der Waals surface area contributed by atoms with Crippen molar-refractivity contribution in [2.75, 3.05) is 19.2 Å². The highest BCUT2D eigenvalue weighted by Gasteiger charge is 2.45. The molecule has 0 fully saturated rings. The number of benzene rings is 9. The van der Waals surface area contributed by atoms with Crippen LogP contribution in [0.5, 0.6) is 0 Å². The van der Waals surface area contributed by atoms with Crippen LogP contribution >= 0.6 is 0 Å². The van der Waals surface area contributed by atoms with Crippen LogP contribution in [0.3, 0.4) is 0 Å². The smallest absolute Gasteiger partial charge is 0.360 e. The summed E-state index contributed by atoms with van der Waals surface area (Å²) < 4.78 is 0. The third-order valence-corrected chi connectivity index (χ3v) is 11.4. The van der Waals surface area contributed by atoms with Gasteiger partial charge in [0, 0.05) is 22.7 Å². The summed E-state index contributed by atoms with van der Waals surface area (Å²) in [6, 6.07) is 79.4. The van der Waals surface area contributed by atoms with Crippen molar-refractivity contribution < 1.29 is 0 Å². The largest absolute Gasteiger partial charge is 0.420 e. The molecule has 0 N–H and O–H groups in total. The third kappa shape index (κ3) is 5.18. The lowest BCUT2D eigenvalue weighted by atomic mass is 9.63. The Hall–Kier alpha value is -7.17. The molecule has 11 rings (SSSR count). The first-order valence-electron chi connectivity index (χ1n) is 19.3. The molecular formula is C50H36B2N4. The van der Waals surface area contributed by atoms with Crippen LogP contribution in [0.15, 0.2) is 218 Å². The van der Waals surface area contributed by atoms with E-state index in [2.05, 4.69) is 238 Å². The van der Waals surface area contributed by atoms with Gasteiger partial charge in [0.15, 0.2) is 0 Å².